The number of rotatable bonds is 6. The topological polar surface area (TPSA) is 49.6 Å². The Hall–Kier alpha value is -8.45. The highest BCUT2D eigenvalue weighted by Crippen LogP contribution is 2.63. The smallest absolute Gasteiger partial charge is 0.160 e. The Bertz CT molecular complexity index is 3310. The van der Waals surface area contributed by atoms with Crippen LogP contribution in [0, 0.1) is 11.3 Å². The Morgan fingerprint density at radius 2 is 0.698 bits per heavy atom. The number of nitrogens with zero attached hydrogens (tertiary/aromatic N) is 3. The number of aromatic nitrogens is 2. The first kappa shape index (κ1) is 36.4. The molecule has 12 rings (SSSR count). The van der Waals surface area contributed by atoms with Crippen molar-refractivity contribution in [3.63, 3.8) is 0 Å². The molecule has 0 unspecified atom stereocenters. The van der Waals surface area contributed by atoms with Gasteiger partial charge in [0.1, 0.15) is 0 Å². The number of hydrogen-bond acceptors (Lipinski definition) is 3. The van der Waals surface area contributed by atoms with E-state index in [1.807, 2.05) is 48.5 Å². The van der Waals surface area contributed by atoms with Crippen LogP contribution in [0.25, 0.3) is 89.5 Å². The number of fused-ring (bicyclic) bond motifs is 10. The molecule has 1 spiro atoms. The van der Waals surface area contributed by atoms with Crippen LogP contribution in [0.4, 0.5) is 0 Å². The Morgan fingerprint density at radius 3 is 1.22 bits per heavy atom. The van der Waals surface area contributed by atoms with Crippen molar-refractivity contribution in [2.24, 2.45) is 0 Å². The van der Waals surface area contributed by atoms with Gasteiger partial charge in [0.25, 0.3) is 0 Å². The fourth-order valence-corrected chi connectivity index (χ4v) is 10.1. The fourth-order valence-electron chi connectivity index (χ4n) is 10.1. The zero-order chi connectivity index (χ0) is 41.9. The van der Waals surface area contributed by atoms with E-state index >= 15 is 0 Å². The minimum absolute atomic E-state index is 0.452. The van der Waals surface area contributed by atoms with Crippen LogP contribution in [0.15, 0.2) is 224 Å². The van der Waals surface area contributed by atoms with Crippen molar-refractivity contribution in [3.05, 3.63) is 252 Å². The van der Waals surface area contributed by atoms with Crippen molar-refractivity contribution in [1.29, 1.82) is 5.26 Å². The van der Waals surface area contributed by atoms with Gasteiger partial charge in [-0.05, 0) is 108 Å². The molecule has 0 fully saturated rings. The molecule has 10 aromatic rings. The number of nitriles is 1. The van der Waals surface area contributed by atoms with E-state index in [4.69, 9.17) is 9.97 Å². The second-order valence-corrected chi connectivity index (χ2v) is 16.4. The van der Waals surface area contributed by atoms with Gasteiger partial charge in [-0.1, -0.05) is 194 Å². The Kier molecular flexibility index (Phi) is 8.45. The molecular weight excluding hydrogens is 763 g/mol. The van der Waals surface area contributed by atoms with Gasteiger partial charge in [-0.15, -0.1) is 0 Å². The lowest BCUT2D eigenvalue weighted by Crippen LogP contribution is -2.25. The highest BCUT2D eigenvalue weighted by Gasteiger charge is 2.51. The molecule has 0 radical (unpaired) electrons. The van der Waals surface area contributed by atoms with Crippen molar-refractivity contribution in [2.75, 3.05) is 0 Å². The van der Waals surface area contributed by atoms with Crippen LogP contribution in [-0.4, -0.2) is 9.97 Å². The monoisotopic (exact) mass is 799 g/mol. The van der Waals surface area contributed by atoms with E-state index in [0.29, 0.717) is 11.4 Å². The summed E-state index contributed by atoms with van der Waals surface area (Å²) in [4.78, 5) is 10.0. The summed E-state index contributed by atoms with van der Waals surface area (Å²) >= 11 is 0. The molecule has 1 heterocycles. The van der Waals surface area contributed by atoms with E-state index in [2.05, 4.69) is 182 Å². The Morgan fingerprint density at radius 1 is 0.302 bits per heavy atom. The van der Waals surface area contributed by atoms with Crippen molar-refractivity contribution < 1.29 is 0 Å². The summed E-state index contributed by atoms with van der Waals surface area (Å²) in [6, 6.07) is 82.2. The maximum absolute atomic E-state index is 9.69. The van der Waals surface area contributed by atoms with Crippen molar-refractivity contribution in [1.82, 2.24) is 9.97 Å². The summed E-state index contributed by atoms with van der Waals surface area (Å²) in [7, 11) is 0. The minimum atomic E-state index is -0.452. The summed E-state index contributed by atoms with van der Waals surface area (Å²) in [5.41, 5.74) is 22.1. The van der Waals surface area contributed by atoms with Gasteiger partial charge in [0.15, 0.2) is 5.82 Å². The molecule has 0 saturated carbocycles. The summed E-state index contributed by atoms with van der Waals surface area (Å²) in [5, 5.41) is 9.69. The second-order valence-electron chi connectivity index (χ2n) is 16.4. The van der Waals surface area contributed by atoms with E-state index in [9.17, 15) is 5.26 Å². The molecule has 3 heteroatoms. The molecule has 0 aliphatic heterocycles. The fraction of sp³-hybridized carbons (Fsp3) is 0.0167. The summed E-state index contributed by atoms with van der Waals surface area (Å²) in [6.07, 6.45) is 0. The van der Waals surface area contributed by atoms with Gasteiger partial charge in [-0.3, -0.25) is 0 Å². The van der Waals surface area contributed by atoms with Gasteiger partial charge in [-0.25, -0.2) is 9.97 Å². The quantitative estimate of drug-likeness (QED) is 0.168. The SMILES string of the molecule is N#Cc1ccc(-c2cc3c(cc2-c2ccc(-c4ccc(-c5cc(-c6ccccc6)nc(-c6ccccc6)n5)cc4)cc2)C2(c4ccccc4-c4ccccc42)c2ccccc2-3)cc1. The normalized spacial score (nSPS) is 12.6. The van der Waals surface area contributed by atoms with Crippen molar-refractivity contribution in [2.45, 2.75) is 5.41 Å². The van der Waals surface area contributed by atoms with E-state index in [1.165, 1.54) is 44.5 Å². The molecule has 0 N–H and O–H groups in total. The largest absolute Gasteiger partial charge is 0.228 e. The van der Waals surface area contributed by atoms with Crippen LogP contribution in [0.5, 0.6) is 0 Å². The van der Waals surface area contributed by atoms with Crippen LogP contribution in [-0.2, 0) is 5.41 Å². The lowest BCUT2D eigenvalue weighted by Gasteiger charge is -2.31. The van der Waals surface area contributed by atoms with Crippen molar-refractivity contribution >= 4 is 0 Å². The number of hydrogen-bond donors (Lipinski definition) is 0. The number of benzene rings is 9. The van der Waals surface area contributed by atoms with E-state index in [0.717, 1.165) is 61.5 Å². The predicted octanol–water partition coefficient (Wildman–Crippen LogP) is 14.7. The maximum atomic E-state index is 9.69. The van der Waals surface area contributed by atoms with Gasteiger partial charge >= 0.3 is 0 Å². The van der Waals surface area contributed by atoms with Gasteiger partial charge in [0.05, 0.1) is 28.4 Å². The molecule has 0 amide bonds. The van der Waals surface area contributed by atoms with Crippen LogP contribution >= 0.6 is 0 Å². The van der Waals surface area contributed by atoms with Crippen LogP contribution in [0.2, 0.25) is 0 Å². The van der Waals surface area contributed by atoms with E-state index in [1.54, 1.807) is 0 Å². The van der Waals surface area contributed by atoms with Gasteiger partial charge < -0.3 is 0 Å². The Balaban J connectivity index is 0.970. The first-order valence-electron chi connectivity index (χ1n) is 21.4. The van der Waals surface area contributed by atoms with E-state index in [-0.39, 0.29) is 0 Å². The maximum Gasteiger partial charge on any atom is 0.160 e. The van der Waals surface area contributed by atoms with Crippen molar-refractivity contribution in [3.8, 4) is 95.6 Å². The van der Waals surface area contributed by atoms with Crippen LogP contribution in [0.1, 0.15) is 27.8 Å². The standard InChI is InChI=1S/C60H37N3/c61-38-39-23-25-42(26-24-39)50-35-52-49-19-9-12-22-55(49)60(53-20-10-7-17-47(53)48-18-8-11-21-54(48)60)56(52)36-51(50)43-31-27-40(28-32-43)41-29-33-45(34-30-41)58-37-57(44-13-3-1-4-14-44)62-59(63-58)46-15-5-2-6-16-46/h1-37H. The molecule has 2 aliphatic carbocycles. The van der Waals surface area contributed by atoms with Gasteiger partial charge in [0.2, 0.25) is 0 Å². The zero-order valence-corrected chi connectivity index (χ0v) is 34.2. The first-order chi connectivity index (χ1) is 31.2. The minimum Gasteiger partial charge on any atom is -0.228 e. The average molecular weight is 800 g/mol. The highest BCUT2D eigenvalue weighted by molar-refractivity contribution is 5.99. The van der Waals surface area contributed by atoms with E-state index < -0.39 is 5.41 Å². The second kappa shape index (κ2) is 14.6. The highest BCUT2D eigenvalue weighted by atomic mass is 14.9. The molecule has 9 aromatic carbocycles. The lowest BCUT2D eigenvalue weighted by molar-refractivity contribution is 0.794. The van der Waals surface area contributed by atoms with Crippen LogP contribution < -0.4 is 0 Å². The molecule has 0 bridgehead atoms. The molecule has 292 valence electrons. The molecular formula is C60H37N3. The molecule has 3 nitrogen and oxygen atoms in total. The first-order valence-corrected chi connectivity index (χ1v) is 21.4. The molecule has 0 atom stereocenters. The van der Waals surface area contributed by atoms with Crippen LogP contribution in [0.3, 0.4) is 0 Å². The van der Waals surface area contributed by atoms with Gasteiger partial charge in [0, 0.05) is 16.7 Å². The van der Waals surface area contributed by atoms with Gasteiger partial charge in [-0.2, -0.15) is 5.26 Å². The zero-order valence-electron chi connectivity index (χ0n) is 34.2. The summed E-state index contributed by atoms with van der Waals surface area (Å²) in [6.45, 7) is 0. The molecule has 1 aromatic heterocycles. The summed E-state index contributed by atoms with van der Waals surface area (Å²) in [5.74, 6) is 0.703. The third-order valence-corrected chi connectivity index (χ3v) is 13.0. The Labute approximate surface area is 366 Å². The lowest BCUT2D eigenvalue weighted by atomic mass is 9.70. The molecule has 0 saturated heterocycles. The molecule has 2 aliphatic rings. The molecule has 63 heavy (non-hydrogen) atoms. The third-order valence-electron chi connectivity index (χ3n) is 13.0. The summed E-state index contributed by atoms with van der Waals surface area (Å²) < 4.78 is 0. The predicted molar refractivity (Wildman–Crippen MR) is 256 cm³/mol. The average Bonchev–Trinajstić information content (AvgIpc) is 3.83. The third kappa shape index (κ3) is 5.81.